The van der Waals surface area contributed by atoms with Crippen LogP contribution >= 0.6 is 0 Å². The van der Waals surface area contributed by atoms with Crippen LogP contribution in [0.4, 0.5) is 17.1 Å². The van der Waals surface area contributed by atoms with Gasteiger partial charge in [-0.15, -0.1) is 0 Å². The Morgan fingerprint density at radius 3 is 1.37 bits per heavy atom. The standard InChI is InChI=1S/C72H51N/c1-72(57-23-6-3-7-24-57)69-33-16-14-30-66(69)67-48-43-56(49-70(67)72)52-41-46-59(47-42-52)73(58-44-39-51(40-45-58)50-35-37-55(38-36-50)61-32-18-22-54-21-8-9-25-60(54)61)71-34-17-15-31-68(71)65-29-13-12-28-64(65)63-27-11-10-26-62(63)53-19-4-2-5-20-53/h2-49H,1H3. The van der Waals surface area contributed by atoms with Crippen LogP contribution in [0.2, 0.25) is 0 Å². The van der Waals surface area contributed by atoms with Gasteiger partial charge in [0.15, 0.2) is 0 Å². The first-order chi connectivity index (χ1) is 36.1. The minimum Gasteiger partial charge on any atom is -0.310 e. The zero-order valence-electron chi connectivity index (χ0n) is 40.7. The molecule has 0 amide bonds. The Kier molecular flexibility index (Phi) is 11.1. The summed E-state index contributed by atoms with van der Waals surface area (Å²) >= 11 is 0. The van der Waals surface area contributed by atoms with E-state index in [1.165, 1.54) is 99.8 Å². The van der Waals surface area contributed by atoms with Crippen LogP contribution in [-0.2, 0) is 5.41 Å². The van der Waals surface area contributed by atoms with Gasteiger partial charge in [-0.25, -0.2) is 0 Å². The Morgan fingerprint density at radius 1 is 0.260 bits per heavy atom. The summed E-state index contributed by atoms with van der Waals surface area (Å²) in [4.78, 5) is 2.43. The van der Waals surface area contributed by atoms with Crippen LogP contribution in [0.25, 0.3) is 88.7 Å². The molecule has 13 rings (SSSR count). The summed E-state index contributed by atoms with van der Waals surface area (Å²) in [6.07, 6.45) is 0. The smallest absolute Gasteiger partial charge is 0.0540 e. The van der Waals surface area contributed by atoms with Crippen LogP contribution in [-0.4, -0.2) is 0 Å². The van der Waals surface area contributed by atoms with Gasteiger partial charge in [-0.3, -0.25) is 0 Å². The van der Waals surface area contributed by atoms with Crippen molar-refractivity contribution in [3.63, 3.8) is 0 Å². The molecule has 0 fully saturated rings. The largest absolute Gasteiger partial charge is 0.310 e. The van der Waals surface area contributed by atoms with E-state index in [1.54, 1.807) is 0 Å². The third-order valence-electron chi connectivity index (χ3n) is 15.2. The van der Waals surface area contributed by atoms with Gasteiger partial charge in [0.2, 0.25) is 0 Å². The predicted octanol–water partition coefficient (Wildman–Crippen LogP) is 19.6. The molecular formula is C72H51N. The van der Waals surface area contributed by atoms with Crippen molar-refractivity contribution in [2.75, 3.05) is 4.90 Å². The van der Waals surface area contributed by atoms with Crippen LogP contribution in [0.1, 0.15) is 23.6 Å². The maximum absolute atomic E-state index is 2.43. The molecule has 0 saturated carbocycles. The molecule has 0 spiro atoms. The van der Waals surface area contributed by atoms with Crippen molar-refractivity contribution in [2.24, 2.45) is 0 Å². The molecule has 1 atom stereocenters. The first kappa shape index (κ1) is 43.7. The van der Waals surface area contributed by atoms with E-state index >= 15 is 0 Å². The monoisotopic (exact) mass is 929 g/mol. The topological polar surface area (TPSA) is 3.24 Å². The first-order valence-electron chi connectivity index (χ1n) is 25.3. The Balaban J connectivity index is 0.912. The highest BCUT2D eigenvalue weighted by molar-refractivity contribution is 5.99. The van der Waals surface area contributed by atoms with Gasteiger partial charge in [0.1, 0.15) is 0 Å². The van der Waals surface area contributed by atoms with Crippen LogP contribution < -0.4 is 4.90 Å². The van der Waals surface area contributed by atoms with E-state index in [-0.39, 0.29) is 5.41 Å². The number of hydrogen-bond acceptors (Lipinski definition) is 1. The lowest BCUT2D eigenvalue weighted by Crippen LogP contribution is -2.22. The van der Waals surface area contributed by atoms with Gasteiger partial charge < -0.3 is 4.90 Å². The first-order valence-corrected chi connectivity index (χ1v) is 25.3. The SMILES string of the molecule is CC1(c2ccccc2)c2ccccc2-c2ccc(-c3ccc(N(c4ccc(-c5ccc(-c6cccc7ccccc67)cc5)cc4)c4ccccc4-c4ccccc4-c4ccccc4-c4ccccc4)cc3)cc21. The zero-order chi connectivity index (χ0) is 48.7. The van der Waals surface area contributed by atoms with Crippen molar-refractivity contribution in [1.82, 2.24) is 0 Å². The average molecular weight is 930 g/mol. The number of anilines is 3. The van der Waals surface area contributed by atoms with Gasteiger partial charge in [0.25, 0.3) is 0 Å². The number of benzene rings is 12. The fourth-order valence-corrected chi connectivity index (χ4v) is 11.5. The summed E-state index contributed by atoms with van der Waals surface area (Å²) in [5, 5.41) is 2.52. The summed E-state index contributed by atoms with van der Waals surface area (Å²) in [6.45, 7) is 2.39. The van der Waals surface area contributed by atoms with Gasteiger partial charge >= 0.3 is 0 Å². The molecule has 0 radical (unpaired) electrons. The van der Waals surface area contributed by atoms with Crippen LogP contribution in [0.15, 0.2) is 291 Å². The zero-order valence-corrected chi connectivity index (χ0v) is 40.7. The lowest BCUT2D eigenvalue weighted by Gasteiger charge is -2.29. The second kappa shape index (κ2) is 18.5. The molecule has 0 saturated heterocycles. The Bertz CT molecular complexity index is 3940. The molecule has 1 aliphatic carbocycles. The molecule has 1 aliphatic rings. The lowest BCUT2D eigenvalue weighted by atomic mass is 9.74. The molecular weight excluding hydrogens is 879 g/mol. The molecule has 12 aromatic rings. The molecule has 0 N–H and O–H groups in total. The molecule has 0 aliphatic heterocycles. The molecule has 0 heterocycles. The summed E-state index contributed by atoms with van der Waals surface area (Å²) < 4.78 is 0. The fourth-order valence-electron chi connectivity index (χ4n) is 11.5. The molecule has 1 nitrogen and oxygen atoms in total. The number of fused-ring (bicyclic) bond motifs is 4. The second-order valence-corrected chi connectivity index (χ2v) is 19.3. The van der Waals surface area contributed by atoms with Crippen molar-refractivity contribution < 1.29 is 0 Å². The van der Waals surface area contributed by atoms with Gasteiger partial charge in [0.05, 0.1) is 5.69 Å². The Hall–Kier alpha value is -9.30. The Morgan fingerprint density at radius 2 is 0.685 bits per heavy atom. The number of para-hydroxylation sites is 1. The van der Waals surface area contributed by atoms with E-state index in [0.29, 0.717) is 0 Å². The van der Waals surface area contributed by atoms with Crippen LogP contribution in [0, 0.1) is 0 Å². The van der Waals surface area contributed by atoms with E-state index in [1.807, 2.05) is 0 Å². The van der Waals surface area contributed by atoms with E-state index in [9.17, 15) is 0 Å². The summed E-state index contributed by atoms with van der Waals surface area (Å²) in [7, 11) is 0. The maximum atomic E-state index is 2.43. The highest BCUT2D eigenvalue weighted by atomic mass is 15.1. The molecule has 1 unspecified atom stereocenters. The van der Waals surface area contributed by atoms with Gasteiger partial charge in [0, 0.05) is 22.4 Å². The molecule has 12 aromatic carbocycles. The Labute approximate surface area is 428 Å². The van der Waals surface area contributed by atoms with Gasteiger partial charge in [-0.2, -0.15) is 0 Å². The van der Waals surface area contributed by atoms with Crippen LogP contribution in [0.3, 0.4) is 0 Å². The summed E-state index contributed by atoms with van der Waals surface area (Å²) in [5.41, 5.74) is 23.9. The molecule has 1 heteroatoms. The van der Waals surface area contributed by atoms with Gasteiger partial charge in [-0.1, -0.05) is 255 Å². The summed E-state index contributed by atoms with van der Waals surface area (Å²) in [5.74, 6) is 0. The highest BCUT2D eigenvalue weighted by Crippen LogP contribution is 2.53. The van der Waals surface area contributed by atoms with Crippen molar-refractivity contribution in [3.8, 4) is 77.9 Å². The normalized spacial score (nSPS) is 13.6. The summed E-state index contributed by atoms with van der Waals surface area (Å²) in [6, 6.07) is 107. The van der Waals surface area contributed by atoms with Crippen molar-refractivity contribution in [2.45, 2.75) is 12.3 Å². The molecule has 73 heavy (non-hydrogen) atoms. The number of rotatable bonds is 10. The maximum Gasteiger partial charge on any atom is 0.0540 e. The number of nitrogens with zero attached hydrogens (tertiary/aromatic N) is 1. The van der Waals surface area contributed by atoms with Crippen molar-refractivity contribution in [3.05, 3.63) is 308 Å². The van der Waals surface area contributed by atoms with E-state index in [4.69, 9.17) is 0 Å². The molecule has 0 bridgehead atoms. The quantitative estimate of drug-likeness (QED) is 0.132. The third-order valence-corrected chi connectivity index (χ3v) is 15.2. The van der Waals surface area contributed by atoms with Crippen molar-refractivity contribution >= 4 is 27.8 Å². The molecule has 0 aromatic heterocycles. The minimum atomic E-state index is -0.271. The number of hydrogen-bond donors (Lipinski definition) is 0. The van der Waals surface area contributed by atoms with E-state index in [0.717, 1.165) is 22.6 Å². The molecule has 344 valence electrons. The van der Waals surface area contributed by atoms with E-state index in [2.05, 4.69) is 303 Å². The second-order valence-electron chi connectivity index (χ2n) is 19.3. The van der Waals surface area contributed by atoms with Crippen LogP contribution in [0.5, 0.6) is 0 Å². The lowest BCUT2D eigenvalue weighted by molar-refractivity contribution is 0.714. The van der Waals surface area contributed by atoms with Gasteiger partial charge in [-0.05, 0) is 143 Å². The predicted molar refractivity (Wildman–Crippen MR) is 309 cm³/mol. The van der Waals surface area contributed by atoms with E-state index < -0.39 is 0 Å². The third kappa shape index (κ3) is 7.75. The minimum absolute atomic E-state index is 0.271. The van der Waals surface area contributed by atoms with Crippen molar-refractivity contribution in [1.29, 1.82) is 0 Å². The highest BCUT2D eigenvalue weighted by Gasteiger charge is 2.40. The fraction of sp³-hybridized carbons (Fsp3) is 0.0278. The average Bonchev–Trinajstić information content (AvgIpc) is 3.73.